The Balaban J connectivity index is 1.24. The van der Waals surface area contributed by atoms with Crippen molar-refractivity contribution in [1.82, 2.24) is 19.6 Å². The molecule has 4 heteroatoms. The zero-order chi connectivity index (χ0) is 30.7. The Hall–Kier alpha value is -6.26. The highest BCUT2D eigenvalue weighted by Crippen LogP contribution is 2.43. The highest BCUT2D eigenvalue weighted by molar-refractivity contribution is 5.97. The van der Waals surface area contributed by atoms with E-state index in [1.807, 2.05) is 58.2 Å². The van der Waals surface area contributed by atoms with Gasteiger partial charge >= 0.3 is 0 Å². The fourth-order valence-electron chi connectivity index (χ4n) is 6.17. The van der Waals surface area contributed by atoms with E-state index in [4.69, 9.17) is 10.2 Å². The zero-order valence-corrected chi connectivity index (χ0v) is 25.1. The van der Waals surface area contributed by atoms with Crippen LogP contribution in [0, 0.1) is 0 Å². The molecule has 0 fully saturated rings. The Morgan fingerprint density at radius 1 is 0.261 bits per heavy atom. The van der Waals surface area contributed by atoms with Gasteiger partial charge in [0.1, 0.15) is 0 Å². The van der Waals surface area contributed by atoms with Gasteiger partial charge in [0.15, 0.2) is 0 Å². The lowest BCUT2D eigenvalue weighted by Gasteiger charge is -2.17. The van der Waals surface area contributed by atoms with Gasteiger partial charge in [-0.25, -0.2) is 9.36 Å². The van der Waals surface area contributed by atoms with E-state index in [1.165, 1.54) is 0 Å². The molecule has 0 atom stereocenters. The summed E-state index contributed by atoms with van der Waals surface area (Å²) in [4.78, 5) is 0. The topological polar surface area (TPSA) is 35.6 Å². The maximum atomic E-state index is 4.98. The van der Waals surface area contributed by atoms with Crippen LogP contribution < -0.4 is 0 Å². The van der Waals surface area contributed by atoms with Gasteiger partial charge in [0.2, 0.25) is 0 Å². The first kappa shape index (κ1) is 27.3. The minimum atomic E-state index is 0.932. The monoisotopic (exact) mass is 590 g/mol. The number of hydrogen-bond acceptors (Lipinski definition) is 2. The first-order valence-electron chi connectivity index (χ1n) is 15.4. The molecule has 0 aliphatic heterocycles. The summed E-state index contributed by atoms with van der Waals surface area (Å²) in [6, 6.07) is 59.1. The van der Waals surface area contributed by atoms with Crippen molar-refractivity contribution in [1.29, 1.82) is 0 Å². The van der Waals surface area contributed by atoms with E-state index >= 15 is 0 Å². The van der Waals surface area contributed by atoms with Crippen LogP contribution in [0.5, 0.6) is 0 Å². The fourth-order valence-corrected chi connectivity index (χ4v) is 6.17. The summed E-state index contributed by atoms with van der Waals surface area (Å²) >= 11 is 0. The maximum absolute atomic E-state index is 4.98. The van der Waals surface area contributed by atoms with E-state index < -0.39 is 0 Å². The molecule has 0 aliphatic rings. The van der Waals surface area contributed by atoms with Gasteiger partial charge in [0.05, 0.1) is 22.8 Å². The van der Waals surface area contributed by atoms with Gasteiger partial charge in [-0.2, -0.15) is 10.2 Å². The first-order chi connectivity index (χ1) is 22.8. The second kappa shape index (κ2) is 12.0. The summed E-state index contributed by atoms with van der Waals surface area (Å²) in [6.07, 6.45) is 4.05. The van der Waals surface area contributed by atoms with E-state index in [2.05, 4.69) is 133 Å². The fraction of sp³-hybridized carbons (Fsp3) is 0. The minimum absolute atomic E-state index is 0.932. The van der Waals surface area contributed by atoms with Gasteiger partial charge in [-0.1, -0.05) is 133 Å². The van der Waals surface area contributed by atoms with Gasteiger partial charge in [0, 0.05) is 23.5 Å². The average Bonchev–Trinajstić information content (AvgIpc) is 3.84. The molecule has 0 radical (unpaired) electrons. The lowest BCUT2D eigenvalue weighted by atomic mass is 9.86. The van der Waals surface area contributed by atoms with Gasteiger partial charge in [0.25, 0.3) is 0 Å². The molecule has 0 N–H and O–H groups in total. The second-order valence-corrected chi connectivity index (χ2v) is 11.1. The van der Waals surface area contributed by atoms with Crippen molar-refractivity contribution < 1.29 is 0 Å². The van der Waals surface area contributed by atoms with Crippen LogP contribution in [0.2, 0.25) is 0 Å². The molecule has 0 unspecified atom stereocenters. The van der Waals surface area contributed by atoms with E-state index in [1.54, 1.807) is 0 Å². The number of benzene rings is 6. The van der Waals surface area contributed by atoms with Crippen LogP contribution in [0.15, 0.2) is 182 Å². The van der Waals surface area contributed by atoms with Gasteiger partial charge < -0.3 is 0 Å². The Bertz CT molecular complexity index is 2100. The highest BCUT2D eigenvalue weighted by Gasteiger charge is 2.18. The standard InChI is InChI=1S/C42H30N4/c1-3-15-31(16-4-1)45-29-27-41(43-45)39-25-13-11-23-37(39)35-21-9-7-19-33(35)34-20-8-10-22-36(34)38-24-12-14-26-40(38)42-28-30-46(44-42)32-17-5-2-6-18-32/h1-30H. The van der Waals surface area contributed by atoms with E-state index in [9.17, 15) is 0 Å². The van der Waals surface area contributed by atoms with Crippen molar-refractivity contribution in [3.8, 4) is 67.3 Å². The largest absolute Gasteiger partial charge is 0.240 e. The predicted octanol–water partition coefficient (Wildman–Crippen LogP) is 10.4. The van der Waals surface area contributed by atoms with Crippen molar-refractivity contribution >= 4 is 0 Å². The number of para-hydroxylation sites is 2. The Morgan fingerprint density at radius 2 is 0.522 bits per heavy atom. The number of nitrogens with zero attached hydrogens (tertiary/aromatic N) is 4. The van der Waals surface area contributed by atoms with Crippen molar-refractivity contribution in [3.63, 3.8) is 0 Å². The third kappa shape index (κ3) is 5.12. The third-order valence-electron chi connectivity index (χ3n) is 8.35. The molecule has 0 aliphatic carbocycles. The average molecular weight is 591 g/mol. The summed E-state index contributed by atoms with van der Waals surface area (Å²) in [6.45, 7) is 0. The van der Waals surface area contributed by atoms with Crippen LogP contribution in [0.1, 0.15) is 0 Å². The van der Waals surface area contributed by atoms with Crippen molar-refractivity contribution in [3.05, 3.63) is 182 Å². The lowest BCUT2D eigenvalue weighted by Crippen LogP contribution is -1.96. The summed E-state index contributed by atoms with van der Waals surface area (Å²) in [5.74, 6) is 0. The van der Waals surface area contributed by atoms with Crippen LogP contribution in [0.25, 0.3) is 67.3 Å². The summed E-state index contributed by atoms with van der Waals surface area (Å²) in [5, 5.41) is 9.96. The molecule has 4 nitrogen and oxygen atoms in total. The van der Waals surface area contributed by atoms with E-state index in [0.717, 1.165) is 67.3 Å². The van der Waals surface area contributed by atoms with Crippen molar-refractivity contribution in [2.24, 2.45) is 0 Å². The van der Waals surface area contributed by atoms with Gasteiger partial charge in [-0.05, 0) is 69.8 Å². The molecule has 2 aromatic heterocycles. The molecule has 46 heavy (non-hydrogen) atoms. The SMILES string of the molecule is c1ccc(-n2ccc(-c3ccccc3-c3ccccc3-c3ccccc3-c3ccccc3-c3ccn(-c4ccccc4)n3)n2)cc1. The zero-order valence-electron chi connectivity index (χ0n) is 25.1. The third-order valence-corrected chi connectivity index (χ3v) is 8.35. The number of hydrogen-bond donors (Lipinski definition) is 0. The van der Waals surface area contributed by atoms with Gasteiger partial charge in [-0.3, -0.25) is 0 Å². The van der Waals surface area contributed by atoms with Crippen LogP contribution in [-0.2, 0) is 0 Å². The van der Waals surface area contributed by atoms with Crippen molar-refractivity contribution in [2.45, 2.75) is 0 Å². The predicted molar refractivity (Wildman–Crippen MR) is 188 cm³/mol. The Labute approximate surface area is 268 Å². The molecule has 0 spiro atoms. The minimum Gasteiger partial charge on any atom is -0.240 e. The van der Waals surface area contributed by atoms with E-state index in [0.29, 0.717) is 0 Å². The Morgan fingerprint density at radius 3 is 0.848 bits per heavy atom. The molecule has 0 saturated carbocycles. The summed E-state index contributed by atoms with van der Waals surface area (Å²) in [7, 11) is 0. The van der Waals surface area contributed by atoms with Crippen LogP contribution in [0.3, 0.4) is 0 Å². The molecule has 2 heterocycles. The number of aromatic nitrogens is 4. The quantitative estimate of drug-likeness (QED) is 0.185. The molecule has 8 rings (SSSR count). The highest BCUT2D eigenvalue weighted by atomic mass is 15.3. The molecule has 0 saturated heterocycles. The molecular formula is C42H30N4. The smallest absolute Gasteiger partial charge is 0.0933 e. The van der Waals surface area contributed by atoms with Gasteiger partial charge in [-0.15, -0.1) is 0 Å². The summed E-state index contributed by atoms with van der Waals surface area (Å²) in [5.41, 5.74) is 13.0. The molecule has 8 aromatic rings. The Kier molecular flexibility index (Phi) is 7.14. The van der Waals surface area contributed by atoms with Crippen LogP contribution in [-0.4, -0.2) is 19.6 Å². The molecule has 6 aromatic carbocycles. The van der Waals surface area contributed by atoms with Crippen LogP contribution in [0.4, 0.5) is 0 Å². The first-order valence-corrected chi connectivity index (χ1v) is 15.4. The normalized spacial score (nSPS) is 11.0. The molecule has 218 valence electrons. The lowest BCUT2D eigenvalue weighted by molar-refractivity contribution is 0.884. The van der Waals surface area contributed by atoms with Crippen LogP contribution >= 0.6 is 0 Å². The van der Waals surface area contributed by atoms with E-state index in [-0.39, 0.29) is 0 Å². The second-order valence-electron chi connectivity index (χ2n) is 11.1. The summed E-state index contributed by atoms with van der Waals surface area (Å²) < 4.78 is 3.87. The number of rotatable bonds is 7. The molecular weight excluding hydrogens is 560 g/mol. The molecule has 0 bridgehead atoms. The molecule has 0 amide bonds. The maximum Gasteiger partial charge on any atom is 0.0933 e. The van der Waals surface area contributed by atoms with Crippen molar-refractivity contribution in [2.75, 3.05) is 0 Å².